The number of amides is 1. The summed E-state index contributed by atoms with van der Waals surface area (Å²) in [4.78, 5) is 21.0. The zero-order chi connectivity index (χ0) is 19.1. The molecule has 1 amide bonds. The minimum Gasteiger partial charge on any atom is -0.489 e. The highest BCUT2D eigenvalue weighted by atomic mass is 16.5. The molecule has 138 valence electrons. The minimum absolute atomic E-state index is 0.0206. The Kier molecular flexibility index (Phi) is 5.99. The molecule has 2 aromatic heterocycles. The van der Waals surface area contributed by atoms with Crippen LogP contribution in [0, 0.1) is 0 Å². The van der Waals surface area contributed by atoms with Crippen molar-refractivity contribution in [1.29, 1.82) is 0 Å². The van der Waals surface area contributed by atoms with Crippen molar-refractivity contribution < 1.29 is 9.53 Å². The van der Waals surface area contributed by atoms with Crippen LogP contribution in [0.1, 0.15) is 29.8 Å². The van der Waals surface area contributed by atoms with Gasteiger partial charge in [-0.25, -0.2) is 4.98 Å². The quantitative estimate of drug-likeness (QED) is 0.661. The summed E-state index contributed by atoms with van der Waals surface area (Å²) in [6.07, 6.45) is 5.15. The number of nitrogens with zero attached hydrogens (tertiary/aromatic N) is 2. The molecule has 6 heteroatoms. The van der Waals surface area contributed by atoms with E-state index in [0.29, 0.717) is 29.4 Å². The molecule has 0 aliphatic heterocycles. The molecule has 0 radical (unpaired) electrons. The number of para-hydroxylation sites is 2. The number of nitrogens with one attached hydrogen (secondary N) is 2. The van der Waals surface area contributed by atoms with E-state index in [9.17, 15) is 4.79 Å². The molecule has 0 unspecified atom stereocenters. The van der Waals surface area contributed by atoms with Crippen LogP contribution in [0.3, 0.4) is 0 Å². The molecule has 0 spiro atoms. The molecule has 0 bridgehead atoms. The van der Waals surface area contributed by atoms with Crippen molar-refractivity contribution in [2.45, 2.75) is 26.5 Å². The molecular weight excluding hydrogens is 340 g/mol. The van der Waals surface area contributed by atoms with Crippen molar-refractivity contribution in [2.75, 3.05) is 10.6 Å². The number of hydrogen-bond acceptors (Lipinski definition) is 5. The fourth-order valence-corrected chi connectivity index (χ4v) is 2.48. The monoisotopic (exact) mass is 362 g/mol. The first kappa shape index (κ1) is 18.4. The number of carbonyl (C=O) groups excluding carboxylic acids is 1. The van der Waals surface area contributed by atoms with Gasteiger partial charge in [-0.3, -0.25) is 9.78 Å². The molecule has 0 saturated heterocycles. The Morgan fingerprint density at radius 2 is 1.96 bits per heavy atom. The summed E-state index contributed by atoms with van der Waals surface area (Å²) in [6.45, 7) is 4.47. The summed E-state index contributed by atoms with van der Waals surface area (Å²) >= 11 is 0. The van der Waals surface area contributed by atoms with Gasteiger partial charge in [0, 0.05) is 30.7 Å². The van der Waals surface area contributed by atoms with Crippen molar-refractivity contribution in [3.05, 3.63) is 78.2 Å². The standard InChI is InChI=1S/C21H22N4O2/c1-15(2)27-19-8-4-3-7-18(19)25-21(26)17-9-11-23-20(12-17)24-14-16-6-5-10-22-13-16/h3-13,15H,14H2,1-2H3,(H,23,24)(H,25,26). The Labute approximate surface area is 158 Å². The predicted octanol–water partition coefficient (Wildman–Crippen LogP) is 4.13. The maximum Gasteiger partial charge on any atom is 0.255 e. The van der Waals surface area contributed by atoms with E-state index >= 15 is 0 Å². The van der Waals surface area contributed by atoms with Crippen molar-refractivity contribution in [2.24, 2.45) is 0 Å². The minimum atomic E-state index is -0.221. The van der Waals surface area contributed by atoms with Gasteiger partial charge in [0.05, 0.1) is 11.8 Å². The average Bonchev–Trinajstić information content (AvgIpc) is 2.68. The summed E-state index contributed by atoms with van der Waals surface area (Å²) in [5, 5.41) is 6.11. The predicted molar refractivity (Wildman–Crippen MR) is 106 cm³/mol. The van der Waals surface area contributed by atoms with Gasteiger partial charge in [0.15, 0.2) is 0 Å². The third-order valence-electron chi connectivity index (χ3n) is 3.72. The fraction of sp³-hybridized carbons (Fsp3) is 0.190. The molecule has 27 heavy (non-hydrogen) atoms. The van der Waals surface area contributed by atoms with E-state index in [1.54, 1.807) is 30.7 Å². The van der Waals surface area contributed by atoms with E-state index in [0.717, 1.165) is 5.56 Å². The topological polar surface area (TPSA) is 76.1 Å². The van der Waals surface area contributed by atoms with Crippen molar-refractivity contribution in [3.63, 3.8) is 0 Å². The molecule has 6 nitrogen and oxygen atoms in total. The normalized spacial score (nSPS) is 10.5. The van der Waals surface area contributed by atoms with Gasteiger partial charge in [0.25, 0.3) is 5.91 Å². The van der Waals surface area contributed by atoms with Crippen LogP contribution in [-0.4, -0.2) is 22.0 Å². The molecule has 3 rings (SSSR count). The Balaban J connectivity index is 1.69. The van der Waals surface area contributed by atoms with Gasteiger partial charge in [-0.05, 0) is 49.7 Å². The number of pyridine rings is 2. The van der Waals surface area contributed by atoms with E-state index in [1.165, 1.54) is 0 Å². The second-order valence-corrected chi connectivity index (χ2v) is 6.26. The Morgan fingerprint density at radius 1 is 1.11 bits per heavy atom. The van der Waals surface area contributed by atoms with E-state index in [2.05, 4.69) is 20.6 Å². The van der Waals surface area contributed by atoms with Crippen molar-refractivity contribution in [3.8, 4) is 5.75 Å². The molecule has 0 saturated carbocycles. The molecular formula is C21H22N4O2. The highest BCUT2D eigenvalue weighted by Gasteiger charge is 2.11. The van der Waals surface area contributed by atoms with Crippen LogP contribution in [0.4, 0.5) is 11.5 Å². The van der Waals surface area contributed by atoms with Crippen LogP contribution in [0.2, 0.25) is 0 Å². The van der Waals surface area contributed by atoms with Crippen LogP contribution in [0.15, 0.2) is 67.1 Å². The van der Waals surface area contributed by atoms with Crippen LogP contribution < -0.4 is 15.4 Å². The number of hydrogen-bond donors (Lipinski definition) is 2. The first-order valence-corrected chi connectivity index (χ1v) is 8.77. The lowest BCUT2D eigenvalue weighted by Crippen LogP contribution is -2.15. The van der Waals surface area contributed by atoms with Crippen molar-refractivity contribution >= 4 is 17.4 Å². The lowest BCUT2D eigenvalue weighted by Gasteiger charge is -2.15. The molecule has 0 aliphatic rings. The fourth-order valence-electron chi connectivity index (χ4n) is 2.48. The third kappa shape index (κ3) is 5.28. The summed E-state index contributed by atoms with van der Waals surface area (Å²) in [5.41, 5.74) is 2.19. The number of carbonyl (C=O) groups is 1. The largest absolute Gasteiger partial charge is 0.489 e. The first-order chi connectivity index (χ1) is 13.1. The molecule has 0 fully saturated rings. The second kappa shape index (κ2) is 8.80. The van der Waals surface area contributed by atoms with E-state index in [1.807, 2.05) is 50.2 Å². The maximum atomic E-state index is 12.6. The van der Waals surface area contributed by atoms with E-state index in [4.69, 9.17) is 4.74 Å². The highest BCUT2D eigenvalue weighted by Crippen LogP contribution is 2.25. The van der Waals surface area contributed by atoms with Crippen LogP contribution in [-0.2, 0) is 6.54 Å². The van der Waals surface area contributed by atoms with Crippen LogP contribution in [0.25, 0.3) is 0 Å². The van der Waals surface area contributed by atoms with E-state index in [-0.39, 0.29) is 12.0 Å². The van der Waals surface area contributed by atoms with E-state index < -0.39 is 0 Å². The Hall–Kier alpha value is -3.41. The smallest absolute Gasteiger partial charge is 0.255 e. The van der Waals surface area contributed by atoms with Crippen molar-refractivity contribution in [1.82, 2.24) is 9.97 Å². The molecule has 0 atom stereocenters. The Bertz CT molecular complexity index is 897. The number of anilines is 2. The van der Waals surface area contributed by atoms with Gasteiger partial charge in [0.1, 0.15) is 11.6 Å². The third-order valence-corrected chi connectivity index (χ3v) is 3.72. The summed E-state index contributed by atoms with van der Waals surface area (Å²) in [7, 11) is 0. The van der Waals surface area contributed by atoms with Crippen LogP contribution >= 0.6 is 0 Å². The molecule has 2 heterocycles. The summed E-state index contributed by atoms with van der Waals surface area (Å²) < 4.78 is 5.75. The average molecular weight is 362 g/mol. The molecule has 1 aromatic carbocycles. The summed E-state index contributed by atoms with van der Waals surface area (Å²) in [6, 6.07) is 14.6. The first-order valence-electron chi connectivity index (χ1n) is 8.77. The maximum absolute atomic E-state index is 12.6. The summed E-state index contributed by atoms with van der Waals surface area (Å²) in [5.74, 6) is 1.05. The number of benzene rings is 1. The lowest BCUT2D eigenvalue weighted by molar-refractivity contribution is 0.102. The van der Waals surface area contributed by atoms with Gasteiger partial charge in [-0.2, -0.15) is 0 Å². The van der Waals surface area contributed by atoms with Crippen LogP contribution in [0.5, 0.6) is 5.75 Å². The number of aromatic nitrogens is 2. The zero-order valence-corrected chi connectivity index (χ0v) is 15.3. The van der Waals surface area contributed by atoms with Gasteiger partial charge in [-0.1, -0.05) is 18.2 Å². The SMILES string of the molecule is CC(C)Oc1ccccc1NC(=O)c1ccnc(NCc2cccnc2)c1. The lowest BCUT2D eigenvalue weighted by atomic mass is 10.2. The Morgan fingerprint density at radius 3 is 2.74 bits per heavy atom. The second-order valence-electron chi connectivity index (χ2n) is 6.26. The van der Waals surface area contributed by atoms with Gasteiger partial charge < -0.3 is 15.4 Å². The number of rotatable bonds is 7. The molecule has 3 aromatic rings. The van der Waals surface area contributed by atoms with Gasteiger partial charge in [0.2, 0.25) is 0 Å². The zero-order valence-electron chi connectivity index (χ0n) is 15.3. The van der Waals surface area contributed by atoms with Gasteiger partial charge in [-0.15, -0.1) is 0 Å². The molecule has 0 aliphatic carbocycles. The highest BCUT2D eigenvalue weighted by molar-refractivity contribution is 6.05. The van der Waals surface area contributed by atoms with Gasteiger partial charge >= 0.3 is 0 Å². The molecule has 2 N–H and O–H groups in total. The number of ether oxygens (including phenoxy) is 1.